The van der Waals surface area contributed by atoms with Gasteiger partial charge in [-0.1, -0.05) is 25.1 Å². The summed E-state index contributed by atoms with van der Waals surface area (Å²) in [5.74, 6) is -0.0365. The number of nitrogens with zero attached hydrogens (tertiary/aromatic N) is 1. The predicted octanol–water partition coefficient (Wildman–Crippen LogP) is 2.76. The number of ether oxygens (including phenoxy) is 1. The fourth-order valence-corrected chi connectivity index (χ4v) is 1.87. The molecule has 0 saturated carbocycles. The normalized spacial score (nSPS) is 10.1. The van der Waals surface area contributed by atoms with E-state index < -0.39 is 5.97 Å². The third kappa shape index (κ3) is 2.88. The van der Waals surface area contributed by atoms with Crippen molar-refractivity contribution in [3.8, 4) is 0 Å². The molecule has 0 atom stereocenters. The first-order valence-corrected chi connectivity index (χ1v) is 6.35. The standard InChI is InChI=1S/C15H17N3O2/c1-3-10-6-4-5-7-12(10)17-14-11(16)8-9-13(18-14)15(19)20-2/h4-9H,3,16H2,1-2H3,(H,17,18). The van der Waals surface area contributed by atoms with Crippen LogP contribution in [-0.2, 0) is 11.2 Å². The van der Waals surface area contributed by atoms with Gasteiger partial charge in [0.2, 0.25) is 0 Å². The van der Waals surface area contributed by atoms with E-state index in [-0.39, 0.29) is 5.69 Å². The number of carbonyl (C=O) groups excluding carboxylic acids is 1. The lowest BCUT2D eigenvalue weighted by Gasteiger charge is -2.12. The number of esters is 1. The van der Waals surface area contributed by atoms with Crippen molar-refractivity contribution in [1.29, 1.82) is 0 Å². The zero-order chi connectivity index (χ0) is 14.5. The van der Waals surface area contributed by atoms with Gasteiger partial charge in [0.05, 0.1) is 12.8 Å². The number of hydrogen-bond donors (Lipinski definition) is 2. The molecule has 0 aliphatic carbocycles. The van der Waals surface area contributed by atoms with Crippen LogP contribution in [0.1, 0.15) is 23.0 Å². The molecule has 2 rings (SSSR count). The summed E-state index contributed by atoms with van der Waals surface area (Å²) in [5.41, 5.74) is 8.67. The van der Waals surface area contributed by atoms with Gasteiger partial charge in [-0.25, -0.2) is 9.78 Å². The van der Waals surface area contributed by atoms with Crippen molar-refractivity contribution in [1.82, 2.24) is 4.98 Å². The number of nitrogens with one attached hydrogen (secondary N) is 1. The van der Waals surface area contributed by atoms with Crippen molar-refractivity contribution in [2.75, 3.05) is 18.2 Å². The topological polar surface area (TPSA) is 77.2 Å². The number of pyridine rings is 1. The second kappa shape index (κ2) is 6.06. The molecule has 0 bridgehead atoms. The van der Waals surface area contributed by atoms with Crippen LogP contribution in [0, 0.1) is 0 Å². The number of para-hydroxylation sites is 1. The third-order valence-corrected chi connectivity index (χ3v) is 2.97. The van der Waals surface area contributed by atoms with E-state index in [0.29, 0.717) is 11.5 Å². The van der Waals surface area contributed by atoms with Crippen molar-refractivity contribution >= 4 is 23.2 Å². The number of rotatable bonds is 4. The van der Waals surface area contributed by atoms with Crippen molar-refractivity contribution in [2.24, 2.45) is 0 Å². The van der Waals surface area contributed by atoms with Crippen molar-refractivity contribution in [2.45, 2.75) is 13.3 Å². The molecule has 0 unspecified atom stereocenters. The van der Waals surface area contributed by atoms with Gasteiger partial charge in [-0.15, -0.1) is 0 Å². The maximum atomic E-state index is 11.5. The second-order valence-electron chi connectivity index (χ2n) is 4.26. The first kappa shape index (κ1) is 13.9. The Morgan fingerprint density at radius 2 is 2.05 bits per heavy atom. The predicted molar refractivity (Wildman–Crippen MR) is 79.1 cm³/mol. The molecule has 5 heteroatoms. The summed E-state index contributed by atoms with van der Waals surface area (Å²) in [4.78, 5) is 15.7. The molecule has 0 saturated heterocycles. The minimum atomic E-state index is -0.489. The van der Waals surface area contributed by atoms with Crippen molar-refractivity contribution < 1.29 is 9.53 Å². The molecule has 1 aromatic heterocycles. The fourth-order valence-electron chi connectivity index (χ4n) is 1.87. The molecule has 104 valence electrons. The van der Waals surface area contributed by atoms with Gasteiger partial charge >= 0.3 is 5.97 Å². The van der Waals surface area contributed by atoms with E-state index in [1.807, 2.05) is 24.3 Å². The van der Waals surface area contributed by atoms with Gasteiger partial charge in [-0.2, -0.15) is 0 Å². The van der Waals surface area contributed by atoms with Gasteiger partial charge in [0.1, 0.15) is 0 Å². The lowest BCUT2D eigenvalue weighted by molar-refractivity contribution is 0.0594. The van der Waals surface area contributed by atoms with Gasteiger partial charge in [0.25, 0.3) is 0 Å². The highest BCUT2D eigenvalue weighted by Gasteiger charge is 2.11. The monoisotopic (exact) mass is 271 g/mol. The smallest absolute Gasteiger partial charge is 0.356 e. The number of aryl methyl sites for hydroxylation is 1. The molecule has 0 amide bonds. The Morgan fingerprint density at radius 1 is 1.30 bits per heavy atom. The van der Waals surface area contributed by atoms with Crippen LogP contribution < -0.4 is 11.1 Å². The van der Waals surface area contributed by atoms with Crippen molar-refractivity contribution in [3.63, 3.8) is 0 Å². The molecule has 0 aliphatic heterocycles. The molecular weight excluding hydrogens is 254 g/mol. The summed E-state index contributed by atoms with van der Waals surface area (Å²) in [6, 6.07) is 11.1. The van der Waals surface area contributed by atoms with E-state index in [9.17, 15) is 4.79 Å². The molecule has 1 heterocycles. The van der Waals surface area contributed by atoms with E-state index in [1.54, 1.807) is 6.07 Å². The summed E-state index contributed by atoms with van der Waals surface area (Å²) in [6.45, 7) is 2.07. The first-order chi connectivity index (χ1) is 9.65. The Balaban J connectivity index is 2.35. The SMILES string of the molecule is CCc1ccccc1Nc1nc(C(=O)OC)ccc1N. The van der Waals surface area contributed by atoms with Gasteiger partial charge < -0.3 is 15.8 Å². The van der Waals surface area contributed by atoms with E-state index in [2.05, 4.69) is 22.0 Å². The fraction of sp³-hybridized carbons (Fsp3) is 0.200. The number of nitrogens with two attached hydrogens (primary N) is 1. The highest BCUT2D eigenvalue weighted by Crippen LogP contribution is 2.24. The lowest BCUT2D eigenvalue weighted by atomic mass is 10.1. The Bertz CT molecular complexity index is 626. The van der Waals surface area contributed by atoms with E-state index in [1.165, 1.54) is 13.2 Å². The largest absolute Gasteiger partial charge is 0.464 e. The molecule has 5 nitrogen and oxygen atoms in total. The molecule has 20 heavy (non-hydrogen) atoms. The Hall–Kier alpha value is -2.56. The molecule has 2 aromatic rings. The molecule has 0 aliphatic rings. The number of carbonyl (C=O) groups is 1. The zero-order valence-electron chi connectivity index (χ0n) is 11.5. The Morgan fingerprint density at radius 3 is 2.75 bits per heavy atom. The van der Waals surface area contributed by atoms with Gasteiger partial charge in [0, 0.05) is 5.69 Å². The number of methoxy groups -OCH3 is 1. The number of anilines is 3. The number of aromatic nitrogens is 1. The van der Waals surface area contributed by atoms with E-state index in [4.69, 9.17) is 5.73 Å². The van der Waals surface area contributed by atoms with Gasteiger partial charge in [-0.05, 0) is 30.2 Å². The highest BCUT2D eigenvalue weighted by molar-refractivity contribution is 5.88. The van der Waals surface area contributed by atoms with Gasteiger partial charge in [-0.3, -0.25) is 0 Å². The number of nitrogen functional groups attached to an aromatic ring is 1. The molecule has 0 spiro atoms. The van der Waals surface area contributed by atoms with E-state index >= 15 is 0 Å². The molecule has 1 aromatic carbocycles. The maximum Gasteiger partial charge on any atom is 0.356 e. The maximum absolute atomic E-state index is 11.5. The van der Waals surface area contributed by atoms with Crippen LogP contribution in [0.4, 0.5) is 17.2 Å². The van der Waals surface area contributed by atoms with Crippen LogP contribution in [-0.4, -0.2) is 18.1 Å². The summed E-state index contributed by atoms with van der Waals surface area (Å²) in [6.07, 6.45) is 0.889. The van der Waals surface area contributed by atoms with Crippen LogP contribution in [0.5, 0.6) is 0 Å². The van der Waals surface area contributed by atoms with Gasteiger partial charge in [0.15, 0.2) is 11.5 Å². The van der Waals surface area contributed by atoms with Crippen LogP contribution >= 0.6 is 0 Å². The van der Waals surface area contributed by atoms with Crippen LogP contribution in [0.25, 0.3) is 0 Å². The minimum absolute atomic E-state index is 0.221. The molecule has 0 radical (unpaired) electrons. The zero-order valence-corrected chi connectivity index (χ0v) is 11.5. The minimum Gasteiger partial charge on any atom is -0.464 e. The van der Waals surface area contributed by atoms with Crippen molar-refractivity contribution in [3.05, 3.63) is 47.7 Å². The van der Waals surface area contributed by atoms with Crippen LogP contribution in [0.15, 0.2) is 36.4 Å². The molecule has 3 N–H and O–H groups in total. The summed E-state index contributed by atoms with van der Waals surface area (Å²) in [5, 5.41) is 3.17. The number of benzene rings is 1. The first-order valence-electron chi connectivity index (χ1n) is 6.35. The molecule has 0 fully saturated rings. The van der Waals surface area contributed by atoms with Crippen LogP contribution in [0.2, 0.25) is 0 Å². The Labute approximate surface area is 117 Å². The number of hydrogen-bond acceptors (Lipinski definition) is 5. The molecular formula is C15H17N3O2. The average molecular weight is 271 g/mol. The third-order valence-electron chi connectivity index (χ3n) is 2.97. The lowest BCUT2D eigenvalue weighted by Crippen LogP contribution is -2.08. The quantitative estimate of drug-likeness (QED) is 0.836. The Kier molecular flexibility index (Phi) is 4.20. The van der Waals surface area contributed by atoms with E-state index in [0.717, 1.165) is 17.7 Å². The summed E-state index contributed by atoms with van der Waals surface area (Å²) >= 11 is 0. The average Bonchev–Trinajstić information content (AvgIpc) is 2.49. The summed E-state index contributed by atoms with van der Waals surface area (Å²) < 4.78 is 4.66. The summed E-state index contributed by atoms with van der Waals surface area (Å²) in [7, 11) is 1.32. The highest BCUT2D eigenvalue weighted by atomic mass is 16.5. The second-order valence-corrected chi connectivity index (χ2v) is 4.26. The van der Waals surface area contributed by atoms with Crippen LogP contribution in [0.3, 0.4) is 0 Å².